The Kier molecular flexibility index (Phi) is 28.8. The van der Waals surface area contributed by atoms with Crippen molar-refractivity contribution >= 4 is 23.9 Å². The van der Waals surface area contributed by atoms with Crippen LogP contribution < -0.4 is 0 Å². The lowest BCUT2D eigenvalue weighted by molar-refractivity contribution is -0.135. The van der Waals surface area contributed by atoms with Crippen LogP contribution in [0.2, 0.25) is 0 Å². The summed E-state index contributed by atoms with van der Waals surface area (Å²) in [5.41, 5.74) is 0. The number of carboxylic acid groups (broad SMARTS) is 4. The topological polar surface area (TPSA) is 162 Å². The Bertz CT molecular complexity index is 315. The highest BCUT2D eigenvalue weighted by molar-refractivity contribution is 5.63. The van der Waals surface area contributed by atoms with Gasteiger partial charge in [0, 0.05) is 40.1 Å². The lowest BCUT2D eigenvalue weighted by Crippen LogP contribution is -1.78. The first kappa shape index (κ1) is 27.4. The molecule has 0 saturated carbocycles. The van der Waals surface area contributed by atoms with Gasteiger partial charge < -0.3 is 20.4 Å². The number of hydrogen-bond acceptors (Lipinski definition) is 5. The molecule has 0 aromatic carbocycles. The van der Waals surface area contributed by atoms with Crippen LogP contribution in [-0.4, -0.2) is 49.3 Å². The van der Waals surface area contributed by atoms with Crippen LogP contribution in [0.4, 0.5) is 0 Å². The van der Waals surface area contributed by atoms with Gasteiger partial charge >= 0.3 is 0 Å². The minimum atomic E-state index is -0.833. The molecule has 1 aromatic rings. The normalized spacial score (nSPS) is 6.73. The van der Waals surface area contributed by atoms with Crippen LogP contribution in [0.5, 0.6) is 0 Å². The predicted octanol–water partition coefficient (Wildman–Crippen LogP) is 1.45. The molecule has 9 heteroatoms. The first-order valence-corrected chi connectivity index (χ1v) is 5.56. The molecule has 9 nitrogen and oxygen atoms in total. The van der Waals surface area contributed by atoms with E-state index >= 15 is 0 Å². The van der Waals surface area contributed by atoms with Gasteiger partial charge in [-0.3, -0.25) is 24.2 Å². The number of hydrogen-bond donors (Lipinski definition) is 4. The molecule has 22 heavy (non-hydrogen) atoms. The third kappa shape index (κ3) is 477. The molecule has 1 heterocycles. The molecule has 0 saturated heterocycles. The Hall–Kier alpha value is -2.97. The van der Waals surface area contributed by atoms with Crippen molar-refractivity contribution < 1.29 is 39.6 Å². The van der Waals surface area contributed by atoms with Gasteiger partial charge in [-0.1, -0.05) is 6.07 Å². The van der Waals surface area contributed by atoms with Crippen LogP contribution in [0, 0.1) is 0 Å². The van der Waals surface area contributed by atoms with Crippen LogP contribution in [0.15, 0.2) is 30.6 Å². The fraction of sp³-hybridized carbons (Fsp3) is 0.308. The van der Waals surface area contributed by atoms with Gasteiger partial charge in [0.25, 0.3) is 23.9 Å². The molecular formula is C13H21NO8. The van der Waals surface area contributed by atoms with E-state index in [1.807, 2.05) is 18.2 Å². The zero-order chi connectivity index (χ0) is 18.6. The van der Waals surface area contributed by atoms with E-state index in [2.05, 4.69) is 4.98 Å². The zero-order valence-electron chi connectivity index (χ0n) is 12.8. The molecule has 0 radical (unpaired) electrons. The minimum Gasteiger partial charge on any atom is -0.481 e. The number of carboxylic acids is 4. The van der Waals surface area contributed by atoms with E-state index in [1.165, 1.54) is 0 Å². The summed E-state index contributed by atoms with van der Waals surface area (Å²) in [5, 5.41) is 29.7. The van der Waals surface area contributed by atoms with E-state index in [0.29, 0.717) is 0 Å². The molecule has 0 aliphatic heterocycles. The summed E-state index contributed by atoms with van der Waals surface area (Å²) in [6.45, 7) is 4.33. The van der Waals surface area contributed by atoms with Crippen LogP contribution in [0.25, 0.3) is 0 Å². The van der Waals surface area contributed by atoms with E-state index in [4.69, 9.17) is 39.6 Å². The predicted molar refractivity (Wildman–Crippen MR) is 77.5 cm³/mol. The zero-order valence-corrected chi connectivity index (χ0v) is 12.8. The van der Waals surface area contributed by atoms with Crippen molar-refractivity contribution in [2.24, 2.45) is 0 Å². The van der Waals surface area contributed by atoms with Crippen molar-refractivity contribution in [3.8, 4) is 0 Å². The molecule has 0 atom stereocenters. The Balaban J connectivity index is -0.0000000937. The summed E-state index contributed by atoms with van der Waals surface area (Å²) in [6, 6.07) is 5.72. The highest BCUT2D eigenvalue weighted by Crippen LogP contribution is 1.73. The summed E-state index contributed by atoms with van der Waals surface area (Å²) < 4.78 is 0. The van der Waals surface area contributed by atoms with Gasteiger partial charge in [-0.05, 0) is 12.1 Å². The Morgan fingerprint density at radius 1 is 0.591 bits per heavy atom. The molecule has 0 spiro atoms. The molecule has 0 aliphatic carbocycles. The van der Waals surface area contributed by atoms with Crippen LogP contribution >= 0.6 is 0 Å². The van der Waals surface area contributed by atoms with Gasteiger partial charge in [-0.25, -0.2) is 0 Å². The van der Waals surface area contributed by atoms with Gasteiger partial charge in [-0.2, -0.15) is 0 Å². The fourth-order valence-corrected chi connectivity index (χ4v) is 0.313. The maximum atomic E-state index is 9.00. The van der Waals surface area contributed by atoms with Gasteiger partial charge in [0.2, 0.25) is 0 Å². The van der Waals surface area contributed by atoms with Gasteiger partial charge in [-0.15, -0.1) is 0 Å². The van der Waals surface area contributed by atoms with Gasteiger partial charge in [0.15, 0.2) is 0 Å². The highest BCUT2D eigenvalue weighted by atomic mass is 16.4. The summed E-state index contributed by atoms with van der Waals surface area (Å²) >= 11 is 0. The molecule has 0 fully saturated rings. The number of rotatable bonds is 0. The Morgan fingerprint density at radius 2 is 0.773 bits per heavy atom. The summed E-state index contributed by atoms with van der Waals surface area (Å²) in [6.07, 6.45) is 3.50. The van der Waals surface area contributed by atoms with Crippen molar-refractivity contribution in [1.82, 2.24) is 4.98 Å². The standard InChI is InChI=1S/C5H5N.4C2H4O2/c1-2-4-6-5-3-1;4*1-2(3)4/h1-5H;4*1H3,(H,3,4). The van der Waals surface area contributed by atoms with Crippen LogP contribution in [0.3, 0.4) is 0 Å². The van der Waals surface area contributed by atoms with E-state index in [9.17, 15) is 0 Å². The summed E-state index contributed by atoms with van der Waals surface area (Å²) in [7, 11) is 0. The molecule has 4 N–H and O–H groups in total. The highest BCUT2D eigenvalue weighted by Gasteiger charge is 1.66. The average Bonchev–Trinajstić information content (AvgIpc) is 2.28. The fourth-order valence-electron chi connectivity index (χ4n) is 0.313. The molecular weight excluding hydrogens is 298 g/mol. The smallest absolute Gasteiger partial charge is 0.300 e. The lowest BCUT2D eigenvalue weighted by Gasteiger charge is -1.70. The van der Waals surface area contributed by atoms with Crippen molar-refractivity contribution in [2.45, 2.75) is 27.7 Å². The van der Waals surface area contributed by atoms with E-state index in [1.54, 1.807) is 12.4 Å². The van der Waals surface area contributed by atoms with Crippen LogP contribution in [0.1, 0.15) is 27.7 Å². The molecule has 0 aliphatic rings. The second-order valence-corrected chi connectivity index (χ2v) is 3.10. The van der Waals surface area contributed by atoms with Crippen molar-refractivity contribution in [3.05, 3.63) is 30.6 Å². The van der Waals surface area contributed by atoms with Gasteiger partial charge in [0.05, 0.1) is 0 Å². The summed E-state index contributed by atoms with van der Waals surface area (Å²) in [4.78, 5) is 39.8. The van der Waals surface area contributed by atoms with E-state index in [0.717, 1.165) is 27.7 Å². The third-order valence-electron chi connectivity index (χ3n) is 0.566. The lowest BCUT2D eigenvalue weighted by atomic mass is 10.5. The quantitative estimate of drug-likeness (QED) is 0.554. The minimum absolute atomic E-state index is 0.833. The SMILES string of the molecule is CC(=O)O.CC(=O)O.CC(=O)O.CC(=O)O.c1ccncc1. The van der Waals surface area contributed by atoms with Crippen LogP contribution in [-0.2, 0) is 19.2 Å². The van der Waals surface area contributed by atoms with Gasteiger partial charge in [0.1, 0.15) is 0 Å². The van der Waals surface area contributed by atoms with Crippen molar-refractivity contribution in [3.63, 3.8) is 0 Å². The first-order chi connectivity index (χ1) is 9.93. The number of aromatic nitrogens is 1. The number of pyridine rings is 1. The maximum absolute atomic E-state index is 9.00. The largest absolute Gasteiger partial charge is 0.481 e. The second-order valence-electron chi connectivity index (χ2n) is 3.10. The number of aliphatic carboxylic acids is 4. The van der Waals surface area contributed by atoms with E-state index in [-0.39, 0.29) is 0 Å². The molecule has 0 bridgehead atoms. The number of nitrogens with zero attached hydrogens (tertiary/aromatic N) is 1. The third-order valence-corrected chi connectivity index (χ3v) is 0.566. The molecule has 126 valence electrons. The Morgan fingerprint density at radius 3 is 0.818 bits per heavy atom. The van der Waals surface area contributed by atoms with E-state index < -0.39 is 23.9 Å². The monoisotopic (exact) mass is 319 g/mol. The molecule has 1 rings (SSSR count). The first-order valence-electron chi connectivity index (χ1n) is 5.56. The van der Waals surface area contributed by atoms with Crippen molar-refractivity contribution in [2.75, 3.05) is 0 Å². The molecule has 0 unspecified atom stereocenters. The average molecular weight is 319 g/mol. The number of carbonyl (C=O) groups is 4. The molecule has 1 aromatic heterocycles. The van der Waals surface area contributed by atoms with Crippen molar-refractivity contribution in [1.29, 1.82) is 0 Å². The Labute approximate surface area is 127 Å². The maximum Gasteiger partial charge on any atom is 0.300 e. The second kappa shape index (κ2) is 23.1. The molecule has 0 amide bonds. The summed E-state index contributed by atoms with van der Waals surface area (Å²) in [5.74, 6) is -3.33.